The van der Waals surface area contributed by atoms with Crippen LogP contribution in [-0.2, 0) is 20.8 Å². The third-order valence-electron chi connectivity index (χ3n) is 5.03. The zero-order chi connectivity index (χ0) is 19.7. The van der Waals surface area contributed by atoms with E-state index in [4.69, 9.17) is 5.11 Å². The predicted molar refractivity (Wildman–Crippen MR) is 102 cm³/mol. The van der Waals surface area contributed by atoms with Crippen molar-refractivity contribution < 1.29 is 29.7 Å². The number of carboxylic acid groups (broad SMARTS) is 3. The zero-order valence-corrected chi connectivity index (χ0v) is 15.5. The molecule has 0 aromatic heterocycles. The molecule has 0 fully saturated rings. The quantitative estimate of drug-likeness (QED) is 0.538. The molecule has 1 aliphatic carbocycles. The van der Waals surface area contributed by atoms with Crippen LogP contribution in [0.5, 0.6) is 0 Å². The minimum Gasteiger partial charge on any atom is -0.481 e. The topological polar surface area (TPSA) is 112 Å². The Morgan fingerprint density at radius 3 is 2.30 bits per heavy atom. The molecule has 0 heterocycles. The van der Waals surface area contributed by atoms with Crippen molar-refractivity contribution in [2.45, 2.75) is 25.2 Å². The maximum absolute atomic E-state index is 12.1. The summed E-state index contributed by atoms with van der Waals surface area (Å²) in [5.41, 5.74) is 4.24. The van der Waals surface area contributed by atoms with E-state index in [1.807, 2.05) is 30.3 Å². The Hall–Kier alpha value is -2.72. The number of fused-ring (bicyclic) bond motifs is 3. The van der Waals surface area contributed by atoms with E-state index in [1.165, 1.54) is 0 Å². The van der Waals surface area contributed by atoms with E-state index in [1.54, 1.807) is 6.07 Å². The molecule has 3 N–H and O–H groups in total. The van der Waals surface area contributed by atoms with E-state index in [0.29, 0.717) is 17.3 Å². The Morgan fingerprint density at radius 1 is 0.963 bits per heavy atom. The normalized spacial score (nSPS) is 14.1. The Labute approximate surface area is 158 Å². The van der Waals surface area contributed by atoms with Gasteiger partial charge in [0.25, 0.3) is 0 Å². The third-order valence-corrected chi connectivity index (χ3v) is 5.53. The van der Waals surface area contributed by atoms with Crippen LogP contribution < -0.4 is 5.30 Å². The van der Waals surface area contributed by atoms with Gasteiger partial charge in [-0.05, 0) is 46.0 Å². The largest absolute Gasteiger partial charge is 0.481 e. The maximum Gasteiger partial charge on any atom is 0.311 e. The van der Waals surface area contributed by atoms with Crippen LogP contribution in [-0.4, -0.2) is 33.2 Å². The van der Waals surface area contributed by atoms with E-state index in [0.717, 1.165) is 22.3 Å². The van der Waals surface area contributed by atoms with Crippen molar-refractivity contribution in [1.82, 2.24) is 0 Å². The van der Waals surface area contributed by atoms with E-state index < -0.39 is 36.2 Å². The lowest BCUT2D eigenvalue weighted by Gasteiger charge is -2.24. The molecule has 7 heteroatoms. The molecule has 0 saturated carbocycles. The smallest absolute Gasteiger partial charge is 0.311 e. The van der Waals surface area contributed by atoms with Crippen molar-refractivity contribution in [3.8, 4) is 11.1 Å². The molecule has 2 aromatic carbocycles. The van der Waals surface area contributed by atoms with Gasteiger partial charge in [-0.15, -0.1) is 9.24 Å². The van der Waals surface area contributed by atoms with Gasteiger partial charge in [-0.25, -0.2) is 0 Å². The Bertz CT molecular complexity index is 936. The van der Waals surface area contributed by atoms with Crippen LogP contribution in [0.1, 0.15) is 35.4 Å². The second-order valence-corrected chi connectivity index (χ2v) is 7.24. The number of hydrogen-bond acceptors (Lipinski definition) is 3. The fourth-order valence-electron chi connectivity index (χ4n) is 3.83. The van der Waals surface area contributed by atoms with Crippen molar-refractivity contribution >= 4 is 32.5 Å². The highest BCUT2D eigenvalue weighted by atomic mass is 31.0. The second kappa shape index (κ2) is 7.49. The van der Waals surface area contributed by atoms with Crippen molar-refractivity contribution in [1.29, 1.82) is 0 Å². The highest BCUT2D eigenvalue weighted by Gasteiger charge is 2.39. The lowest BCUT2D eigenvalue weighted by atomic mass is 9.80. The minimum absolute atomic E-state index is 0.248. The van der Waals surface area contributed by atoms with Gasteiger partial charge in [-0.1, -0.05) is 36.4 Å². The molecular weight excluding hydrogens is 367 g/mol. The van der Waals surface area contributed by atoms with Gasteiger partial charge in [0.15, 0.2) is 0 Å². The Morgan fingerprint density at radius 2 is 1.67 bits per heavy atom. The van der Waals surface area contributed by atoms with Gasteiger partial charge in [0, 0.05) is 6.42 Å². The molecule has 27 heavy (non-hydrogen) atoms. The van der Waals surface area contributed by atoms with Gasteiger partial charge >= 0.3 is 17.9 Å². The summed E-state index contributed by atoms with van der Waals surface area (Å²) in [6.07, 6.45) is -0.122. The molecule has 0 amide bonds. The summed E-state index contributed by atoms with van der Waals surface area (Å²) in [4.78, 5) is 34.8. The zero-order valence-electron chi connectivity index (χ0n) is 14.4. The first-order chi connectivity index (χ1) is 12.8. The van der Waals surface area contributed by atoms with Crippen LogP contribution >= 0.6 is 9.24 Å². The SMILES string of the molecule is O=C(O)CCC(C(=O)O)C(C(=O)O)c1c(P)ccc2c1Cc1ccccc1-2. The van der Waals surface area contributed by atoms with Crippen LogP contribution in [0.15, 0.2) is 36.4 Å². The van der Waals surface area contributed by atoms with E-state index in [9.17, 15) is 24.6 Å². The van der Waals surface area contributed by atoms with Crippen LogP contribution in [0.25, 0.3) is 11.1 Å². The first-order valence-electron chi connectivity index (χ1n) is 8.48. The molecule has 0 spiro atoms. The van der Waals surface area contributed by atoms with Gasteiger partial charge in [-0.2, -0.15) is 0 Å². The van der Waals surface area contributed by atoms with Crippen LogP contribution in [0.3, 0.4) is 0 Å². The first kappa shape index (κ1) is 19.1. The summed E-state index contributed by atoms with van der Waals surface area (Å²) in [7, 11) is 2.49. The average molecular weight is 386 g/mol. The van der Waals surface area contributed by atoms with E-state index >= 15 is 0 Å². The number of carbonyl (C=O) groups is 3. The predicted octanol–water partition coefficient (Wildman–Crippen LogP) is 2.49. The summed E-state index contributed by atoms with van der Waals surface area (Å²) in [6, 6.07) is 11.4. The van der Waals surface area contributed by atoms with Crippen molar-refractivity contribution in [3.05, 3.63) is 53.1 Å². The first-order valence-corrected chi connectivity index (χ1v) is 9.06. The molecule has 3 rings (SSSR count). The number of aliphatic carboxylic acids is 3. The lowest BCUT2D eigenvalue weighted by Crippen LogP contribution is -2.32. The third kappa shape index (κ3) is 3.58. The maximum atomic E-state index is 12.1. The summed E-state index contributed by atoms with van der Waals surface area (Å²) < 4.78 is 0. The molecule has 1 aliphatic rings. The average Bonchev–Trinajstić information content (AvgIpc) is 2.97. The van der Waals surface area contributed by atoms with E-state index in [-0.39, 0.29) is 6.42 Å². The number of carboxylic acids is 3. The van der Waals surface area contributed by atoms with Gasteiger partial charge in [-0.3, -0.25) is 14.4 Å². The molecule has 0 radical (unpaired) electrons. The van der Waals surface area contributed by atoms with Gasteiger partial charge < -0.3 is 15.3 Å². The highest BCUT2D eigenvalue weighted by molar-refractivity contribution is 7.27. The molecule has 0 saturated heterocycles. The van der Waals surface area contributed by atoms with Crippen LogP contribution in [0.4, 0.5) is 0 Å². The molecular formula is C20H19O6P. The van der Waals surface area contributed by atoms with Crippen molar-refractivity contribution in [2.24, 2.45) is 5.92 Å². The Kier molecular flexibility index (Phi) is 5.29. The molecule has 3 unspecified atom stereocenters. The lowest BCUT2D eigenvalue weighted by molar-refractivity contribution is -0.151. The molecule has 0 aliphatic heterocycles. The molecule has 2 aromatic rings. The van der Waals surface area contributed by atoms with Crippen molar-refractivity contribution in [3.63, 3.8) is 0 Å². The van der Waals surface area contributed by atoms with Gasteiger partial charge in [0.2, 0.25) is 0 Å². The van der Waals surface area contributed by atoms with Crippen LogP contribution in [0, 0.1) is 5.92 Å². The molecule has 140 valence electrons. The number of hydrogen-bond donors (Lipinski definition) is 3. The van der Waals surface area contributed by atoms with Crippen molar-refractivity contribution in [2.75, 3.05) is 0 Å². The summed E-state index contributed by atoms with van der Waals surface area (Å²) in [6.45, 7) is 0. The monoisotopic (exact) mass is 386 g/mol. The number of benzene rings is 2. The second-order valence-electron chi connectivity index (χ2n) is 6.62. The summed E-state index contributed by atoms with van der Waals surface area (Å²) in [5, 5.41) is 29.0. The number of rotatable bonds is 7. The standard InChI is InChI=1S/C20H19O6P/c21-16(22)8-6-13(19(23)24)18(20(25)26)17-14-9-10-3-1-2-4-11(10)12(14)5-7-15(17)27/h1-5,7,13,18H,6,8-9,27H2,(H,21,22)(H,23,24)(H,25,26). The molecule has 6 nitrogen and oxygen atoms in total. The summed E-state index contributed by atoms with van der Waals surface area (Å²) >= 11 is 0. The minimum atomic E-state index is -1.33. The molecule has 0 bridgehead atoms. The molecule has 3 atom stereocenters. The van der Waals surface area contributed by atoms with Gasteiger partial charge in [0.05, 0.1) is 11.8 Å². The fraction of sp³-hybridized carbons (Fsp3) is 0.250. The fourth-order valence-corrected chi connectivity index (χ4v) is 4.28. The summed E-state index contributed by atoms with van der Waals surface area (Å²) in [5.74, 6) is -6.36. The van der Waals surface area contributed by atoms with Crippen LogP contribution in [0.2, 0.25) is 0 Å². The van der Waals surface area contributed by atoms with E-state index in [2.05, 4.69) is 9.24 Å². The Balaban J connectivity index is 2.13. The van der Waals surface area contributed by atoms with Gasteiger partial charge in [0.1, 0.15) is 0 Å². The highest BCUT2D eigenvalue weighted by Crippen LogP contribution is 2.42.